The first-order valence-electron chi connectivity index (χ1n) is 17.6. The average Bonchev–Trinajstić information content (AvgIpc) is 3.74. The molecule has 2 heteroatoms. The number of thiophene rings is 1. The first-order valence-corrected chi connectivity index (χ1v) is 18.5. The van der Waals surface area contributed by atoms with Gasteiger partial charge in [0, 0.05) is 20.2 Å². The summed E-state index contributed by atoms with van der Waals surface area (Å²) in [6, 6.07) is 70.7. The van der Waals surface area contributed by atoms with Crippen LogP contribution in [0, 0.1) is 11.3 Å². The van der Waals surface area contributed by atoms with E-state index < -0.39 is 5.41 Å². The van der Waals surface area contributed by atoms with Crippen molar-refractivity contribution in [2.24, 2.45) is 0 Å². The molecule has 0 unspecified atom stereocenters. The molecule has 0 N–H and O–H groups in total. The first-order chi connectivity index (χ1) is 25.7. The Balaban J connectivity index is 1.00. The van der Waals surface area contributed by atoms with Gasteiger partial charge in [-0.05, 0) is 103 Å². The van der Waals surface area contributed by atoms with E-state index >= 15 is 0 Å². The fourth-order valence-electron chi connectivity index (χ4n) is 8.36. The Morgan fingerprint density at radius 2 is 0.846 bits per heavy atom. The van der Waals surface area contributed by atoms with Crippen molar-refractivity contribution in [2.45, 2.75) is 5.41 Å². The maximum absolute atomic E-state index is 9.45. The van der Waals surface area contributed by atoms with Gasteiger partial charge in [-0.2, -0.15) is 5.26 Å². The van der Waals surface area contributed by atoms with Gasteiger partial charge >= 0.3 is 0 Å². The van der Waals surface area contributed by atoms with Crippen LogP contribution >= 0.6 is 11.3 Å². The molecule has 0 bridgehead atoms. The van der Waals surface area contributed by atoms with Crippen molar-refractivity contribution in [1.82, 2.24) is 0 Å². The third-order valence-electron chi connectivity index (χ3n) is 10.8. The molecular weight excluding hydrogens is 647 g/mol. The van der Waals surface area contributed by atoms with Gasteiger partial charge in [0.1, 0.15) is 0 Å². The highest BCUT2D eigenvalue weighted by molar-refractivity contribution is 7.25. The van der Waals surface area contributed by atoms with E-state index in [0.717, 1.165) is 5.39 Å². The zero-order valence-electron chi connectivity index (χ0n) is 28.3. The molecule has 0 radical (unpaired) electrons. The summed E-state index contributed by atoms with van der Waals surface area (Å²) in [6.07, 6.45) is 0. The molecule has 0 spiro atoms. The Labute approximate surface area is 307 Å². The molecule has 0 aliphatic heterocycles. The lowest BCUT2D eigenvalue weighted by atomic mass is 9.67. The molecule has 0 atom stereocenters. The number of nitriles is 1. The van der Waals surface area contributed by atoms with Crippen LogP contribution in [0.25, 0.3) is 64.7 Å². The van der Waals surface area contributed by atoms with Crippen molar-refractivity contribution < 1.29 is 0 Å². The second-order valence-corrected chi connectivity index (χ2v) is 14.7. The highest BCUT2D eigenvalue weighted by Gasteiger charge is 2.46. The highest BCUT2D eigenvalue weighted by atomic mass is 32.1. The maximum Gasteiger partial charge on any atom is 0.0991 e. The number of hydrogen-bond donors (Lipinski definition) is 0. The molecule has 0 saturated heterocycles. The molecule has 0 amide bonds. The fraction of sp³-hybridized carbons (Fsp3) is 0.0200. The van der Waals surface area contributed by atoms with Crippen molar-refractivity contribution in [3.05, 3.63) is 216 Å². The van der Waals surface area contributed by atoms with Gasteiger partial charge in [0.25, 0.3) is 0 Å². The van der Waals surface area contributed by atoms with Gasteiger partial charge in [-0.25, -0.2) is 0 Å². The summed E-state index contributed by atoms with van der Waals surface area (Å²) in [7, 11) is 0. The zero-order valence-corrected chi connectivity index (χ0v) is 29.1. The Morgan fingerprint density at radius 1 is 0.385 bits per heavy atom. The van der Waals surface area contributed by atoms with Gasteiger partial charge < -0.3 is 0 Å². The van der Waals surface area contributed by atoms with Crippen LogP contribution in [0.2, 0.25) is 0 Å². The Bertz CT molecular complexity index is 2780. The zero-order chi connectivity index (χ0) is 34.6. The van der Waals surface area contributed by atoms with Gasteiger partial charge in [-0.1, -0.05) is 152 Å². The molecule has 8 aromatic carbocycles. The largest absolute Gasteiger partial charge is 0.192 e. The third kappa shape index (κ3) is 4.68. The van der Waals surface area contributed by atoms with E-state index in [1.54, 1.807) is 11.3 Å². The molecule has 1 heterocycles. The van der Waals surface area contributed by atoms with Crippen LogP contribution in [0.1, 0.15) is 27.8 Å². The van der Waals surface area contributed by atoms with Crippen LogP contribution in [0.15, 0.2) is 188 Å². The van der Waals surface area contributed by atoms with Crippen LogP contribution < -0.4 is 0 Å². The summed E-state index contributed by atoms with van der Waals surface area (Å²) in [4.78, 5) is 0. The second-order valence-electron chi connectivity index (χ2n) is 13.6. The molecule has 0 fully saturated rings. The Kier molecular flexibility index (Phi) is 7.03. The summed E-state index contributed by atoms with van der Waals surface area (Å²) in [5.74, 6) is 0. The van der Waals surface area contributed by atoms with E-state index in [1.807, 2.05) is 12.1 Å². The van der Waals surface area contributed by atoms with Gasteiger partial charge in [0.2, 0.25) is 0 Å². The number of fused-ring (bicyclic) bond motifs is 6. The summed E-state index contributed by atoms with van der Waals surface area (Å²) < 4.78 is 2.45. The van der Waals surface area contributed by atoms with E-state index in [2.05, 4.69) is 182 Å². The highest BCUT2D eigenvalue weighted by Crippen LogP contribution is 2.56. The van der Waals surface area contributed by atoms with Crippen molar-refractivity contribution in [1.29, 1.82) is 5.26 Å². The van der Waals surface area contributed by atoms with Crippen molar-refractivity contribution in [2.75, 3.05) is 0 Å². The smallest absolute Gasteiger partial charge is 0.0991 e. The van der Waals surface area contributed by atoms with Gasteiger partial charge in [-0.3, -0.25) is 0 Å². The quantitative estimate of drug-likeness (QED) is 0.178. The summed E-state index contributed by atoms with van der Waals surface area (Å²) in [5, 5.41) is 11.8. The summed E-state index contributed by atoms with van der Waals surface area (Å²) in [6.45, 7) is 0. The molecule has 1 aromatic heterocycles. The number of rotatable bonds is 5. The number of hydrogen-bond acceptors (Lipinski definition) is 2. The van der Waals surface area contributed by atoms with Crippen molar-refractivity contribution in [3.63, 3.8) is 0 Å². The van der Waals surface area contributed by atoms with Crippen molar-refractivity contribution >= 4 is 31.5 Å². The molecule has 10 rings (SSSR count). The lowest BCUT2D eigenvalue weighted by molar-refractivity contribution is 0.769. The summed E-state index contributed by atoms with van der Waals surface area (Å²) >= 11 is 1.78. The van der Waals surface area contributed by atoms with Crippen LogP contribution in [0.4, 0.5) is 0 Å². The van der Waals surface area contributed by atoms with E-state index in [4.69, 9.17) is 0 Å². The molecule has 52 heavy (non-hydrogen) atoms. The lowest BCUT2D eigenvalue weighted by Crippen LogP contribution is -2.28. The average molecular weight is 678 g/mol. The Morgan fingerprint density at radius 3 is 1.46 bits per heavy atom. The normalized spacial score (nSPS) is 12.8. The molecule has 1 aliphatic carbocycles. The molecular formula is C50H31NS. The molecule has 0 saturated carbocycles. The SMILES string of the molecule is N#Cc1ccc2sc3ccc(-c4ccc(-c5ccc(-c6ccc7c(c6)C(c6ccccc6)(c6ccccc6)c6ccccc6-7)cc5)cc4)cc3c2c1. The van der Waals surface area contributed by atoms with Crippen LogP contribution in [-0.4, -0.2) is 0 Å². The number of benzene rings is 8. The van der Waals surface area contributed by atoms with Gasteiger partial charge in [0.05, 0.1) is 17.0 Å². The predicted molar refractivity (Wildman–Crippen MR) is 218 cm³/mol. The number of nitrogens with zero attached hydrogens (tertiary/aromatic N) is 1. The van der Waals surface area contributed by atoms with Crippen LogP contribution in [-0.2, 0) is 5.41 Å². The van der Waals surface area contributed by atoms with E-state index in [1.165, 1.54) is 81.5 Å². The predicted octanol–water partition coefficient (Wildman–Crippen LogP) is 13.3. The maximum atomic E-state index is 9.45. The topological polar surface area (TPSA) is 23.8 Å². The van der Waals surface area contributed by atoms with Crippen molar-refractivity contribution in [3.8, 4) is 50.6 Å². The Hall–Kier alpha value is -6.53. The molecule has 1 nitrogen and oxygen atoms in total. The summed E-state index contributed by atoms with van der Waals surface area (Å²) in [5.41, 5.74) is 15.2. The lowest BCUT2D eigenvalue weighted by Gasteiger charge is -2.34. The fourth-order valence-corrected chi connectivity index (χ4v) is 9.43. The van der Waals surface area contributed by atoms with E-state index in [-0.39, 0.29) is 0 Å². The first kappa shape index (κ1) is 30.3. The van der Waals surface area contributed by atoms with E-state index in [9.17, 15) is 5.26 Å². The van der Waals surface area contributed by atoms with E-state index in [0.29, 0.717) is 5.56 Å². The van der Waals surface area contributed by atoms with Gasteiger partial charge in [-0.15, -0.1) is 11.3 Å². The molecule has 9 aromatic rings. The minimum Gasteiger partial charge on any atom is -0.192 e. The van der Waals surface area contributed by atoms with Crippen LogP contribution in [0.3, 0.4) is 0 Å². The molecule has 242 valence electrons. The third-order valence-corrected chi connectivity index (χ3v) is 12.0. The standard InChI is InChI=1S/C50H31NS/c51-32-33-15-27-48-44(29-33)45-30-38(25-28-49(45)52-48)36-20-16-34(17-21-36)35-18-22-37(23-19-35)39-24-26-43-42-13-7-8-14-46(42)50(47(43)31-39,40-9-3-1-4-10-40)41-11-5-2-6-12-41/h1-31H. The second kappa shape index (κ2) is 12.1. The molecule has 1 aliphatic rings. The van der Waals surface area contributed by atoms with Crippen LogP contribution in [0.5, 0.6) is 0 Å². The minimum absolute atomic E-state index is 0.410. The van der Waals surface area contributed by atoms with Gasteiger partial charge in [0.15, 0.2) is 0 Å². The minimum atomic E-state index is -0.410. The monoisotopic (exact) mass is 677 g/mol.